The van der Waals surface area contributed by atoms with E-state index in [2.05, 4.69) is 6.07 Å². The second-order valence-corrected chi connectivity index (χ2v) is 7.63. The largest absolute Gasteiger partial charge is 0.497 e. The van der Waals surface area contributed by atoms with Crippen LogP contribution in [0.15, 0.2) is 60.7 Å². The van der Waals surface area contributed by atoms with Crippen LogP contribution in [-0.4, -0.2) is 13.1 Å². The molecule has 3 rings (SSSR count). The van der Waals surface area contributed by atoms with Crippen LogP contribution in [0.4, 0.5) is 0 Å². The van der Waals surface area contributed by atoms with Gasteiger partial charge in [-0.15, -0.1) is 0 Å². The van der Waals surface area contributed by atoms with Gasteiger partial charge >= 0.3 is 5.97 Å². The first-order chi connectivity index (χ1) is 13.9. The van der Waals surface area contributed by atoms with Crippen molar-refractivity contribution in [1.29, 1.82) is 5.26 Å². The van der Waals surface area contributed by atoms with Crippen LogP contribution in [0.2, 0.25) is 5.02 Å². The van der Waals surface area contributed by atoms with Gasteiger partial charge in [-0.1, -0.05) is 55.8 Å². The van der Waals surface area contributed by atoms with Crippen LogP contribution in [-0.2, 0) is 9.53 Å². The van der Waals surface area contributed by atoms with Crippen LogP contribution in [0.1, 0.15) is 37.0 Å². The van der Waals surface area contributed by atoms with Crippen LogP contribution in [0, 0.1) is 17.2 Å². The summed E-state index contributed by atoms with van der Waals surface area (Å²) in [7, 11) is 1.62. The quantitative estimate of drug-likeness (QED) is 0.466. The van der Waals surface area contributed by atoms with Gasteiger partial charge in [0.2, 0.25) is 6.10 Å². The summed E-state index contributed by atoms with van der Waals surface area (Å²) >= 11 is 5.96. The zero-order chi connectivity index (χ0) is 21.0. The lowest BCUT2D eigenvalue weighted by Crippen LogP contribution is -2.22. The van der Waals surface area contributed by atoms with Crippen molar-refractivity contribution < 1.29 is 14.3 Å². The van der Waals surface area contributed by atoms with E-state index < -0.39 is 18.0 Å². The van der Waals surface area contributed by atoms with Crippen LogP contribution in [0.5, 0.6) is 5.75 Å². The summed E-state index contributed by atoms with van der Waals surface area (Å²) in [5.41, 5.74) is 1.45. The molecule has 0 aliphatic carbocycles. The predicted octanol–water partition coefficient (Wildman–Crippen LogP) is 6.05. The number of carbonyl (C=O) groups is 1. The van der Waals surface area contributed by atoms with E-state index >= 15 is 0 Å². The van der Waals surface area contributed by atoms with Gasteiger partial charge in [0, 0.05) is 10.6 Å². The fourth-order valence-corrected chi connectivity index (χ4v) is 3.48. The van der Waals surface area contributed by atoms with Gasteiger partial charge in [-0.3, -0.25) is 4.79 Å². The van der Waals surface area contributed by atoms with E-state index in [9.17, 15) is 10.1 Å². The molecule has 2 atom stereocenters. The minimum absolute atomic E-state index is 0.00656. The number of hydrogen-bond donors (Lipinski definition) is 0. The van der Waals surface area contributed by atoms with Crippen molar-refractivity contribution in [2.45, 2.75) is 25.9 Å². The summed E-state index contributed by atoms with van der Waals surface area (Å²) in [5, 5.41) is 12.2. The SMILES string of the molecule is COc1ccc2cc([C@@H](C#N)OC(=O)[C@H](c3ccc(Cl)cc3)C(C)C)ccc2c1. The highest BCUT2D eigenvalue weighted by Crippen LogP contribution is 2.31. The molecule has 0 N–H and O–H groups in total. The number of nitriles is 1. The Morgan fingerprint density at radius 1 is 0.966 bits per heavy atom. The monoisotopic (exact) mass is 407 g/mol. The summed E-state index contributed by atoms with van der Waals surface area (Å²) in [5.74, 6) is -0.139. The molecule has 4 nitrogen and oxygen atoms in total. The number of carbonyl (C=O) groups excluding carboxylic acids is 1. The molecule has 0 aliphatic heterocycles. The Bertz CT molecular complexity index is 1050. The third kappa shape index (κ3) is 4.70. The van der Waals surface area contributed by atoms with Crippen molar-refractivity contribution in [1.82, 2.24) is 0 Å². The molecule has 0 aliphatic rings. The van der Waals surface area contributed by atoms with Crippen molar-refractivity contribution in [3.8, 4) is 11.8 Å². The van der Waals surface area contributed by atoms with E-state index in [1.165, 1.54) is 0 Å². The fraction of sp³-hybridized carbons (Fsp3) is 0.250. The molecule has 0 aromatic heterocycles. The Labute approximate surface area is 175 Å². The van der Waals surface area contributed by atoms with Crippen molar-refractivity contribution in [3.05, 3.63) is 76.8 Å². The van der Waals surface area contributed by atoms with Gasteiger partial charge in [-0.05, 0) is 52.6 Å². The summed E-state index contributed by atoms with van der Waals surface area (Å²) < 4.78 is 10.9. The lowest BCUT2D eigenvalue weighted by atomic mass is 9.88. The zero-order valence-corrected chi connectivity index (χ0v) is 17.3. The maximum absolute atomic E-state index is 12.9. The van der Waals surface area contributed by atoms with Crippen LogP contribution in [0.25, 0.3) is 10.8 Å². The number of methoxy groups -OCH3 is 1. The van der Waals surface area contributed by atoms with E-state index in [0.717, 1.165) is 22.1 Å². The number of hydrogen-bond acceptors (Lipinski definition) is 4. The number of benzene rings is 3. The van der Waals surface area contributed by atoms with E-state index in [-0.39, 0.29) is 5.92 Å². The second-order valence-electron chi connectivity index (χ2n) is 7.19. The molecule has 0 saturated heterocycles. The minimum atomic E-state index is -0.984. The van der Waals surface area contributed by atoms with Crippen LogP contribution < -0.4 is 4.74 Å². The van der Waals surface area contributed by atoms with Gasteiger partial charge in [-0.2, -0.15) is 5.26 Å². The van der Waals surface area contributed by atoms with E-state index in [1.54, 1.807) is 25.3 Å². The minimum Gasteiger partial charge on any atom is -0.497 e. The molecule has 0 bridgehead atoms. The highest BCUT2D eigenvalue weighted by molar-refractivity contribution is 6.30. The van der Waals surface area contributed by atoms with Gasteiger partial charge in [-0.25, -0.2) is 0 Å². The number of rotatable bonds is 6. The molecule has 3 aromatic carbocycles. The first-order valence-corrected chi connectivity index (χ1v) is 9.74. The van der Waals surface area contributed by atoms with Crippen molar-refractivity contribution in [2.24, 2.45) is 5.92 Å². The van der Waals surface area contributed by atoms with Crippen molar-refractivity contribution in [2.75, 3.05) is 7.11 Å². The highest BCUT2D eigenvalue weighted by atomic mass is 35.5. The number of fused-ring (bicyclic) bond motifs is 1. The third-order valence-corrected chi connectivity index (χ3v) is 5.13. The zero-order valence-electron chi connectivity index (χ0n) is 16.6. The summed E-state index contributed by atoms with van der Waals surface area (Å²) in [6, 6.07) is 20.5. The number of esters is 1. The van der Waals surface area contributed by atoms with Gasteiger partial charge in [0.05, 0.1) is 13.0 Å². The van der Waals surface area contributed by atoms with Gasteiger partial charge in [0.25, 0.3) is 0 Å². The summed E-state index contributed by atoms with van der Waals surface area (Å²) in [6.45, 7) is 3.90. The molecule has 0 heterocycles. The van der Waals surface area contributed by atoms with Crippen LogP contribution in [0.3, 0.4) is 0 Å². The molecule has 0 spiro atoms. The molecule has 0 fully saturated rings. The van der Waals surface area contributed by atoms with Crippen molar-refractivity contribution >= 4 is 28.3 Å². The Hall–Kier alpha value is -3.03. The molecular formula is C24H22ClNO3. The smallest absolute Gasteiger partial charge is 0.315 e. The third-order valence-electron chi connectivity index (χ3n) is 4.88. The number of nitrogens with zero attached hydrogens (tertiary/aromatic N) is 1. The fourth-order valence-electron chi connectivity index (χ4n) is 3.35. The van der Waals surface area contributed by atoms with Crippen molar-refractivity contribution in [3.63, 3.8) is 0 Å². The lowest BCUT2D eigenvalue weighted by molar-refractivity contribution is -0.150. The molecule has 29 heavy (non-hydrogen) atoms. The van der Waals surface area contributed by atoms with E-state index in [0.29, 0.717) is 10.6 Å². The Balaban J connectivity index is 1.86. The molecule has 5 heteroatoms. The predicted molar refractivity (Wildman–Crippen MR) is 114 cm³/mol. The molecule has 148 valence electrons. The average Bonchev–Trinajstić information content (AvgIpc) is 2.72. The van der Waals surface area contributed by atoms with Gasteiger partial charge < -0.3 is 9.47 Å². The Morgan fingerprint density at radius 3 is 2.21 bits per heavy atom. The maximum Gasteiger partial charge on any atom is 0.315 e. The number of halogens is 1. The highest BCUT2D eigenvalue weighted by Gasteiger charge is 2.28. The first-order valence-electron chi connectivity index (χ1n) is 9.36. The topological polar surface area (TPSA) is 59.3 Å². The maximum atomic E-state index is 12.9. The van der Waals surface area contributed by atoms with Gasteiger partial charge in [0.15, 0.2) is 0 Å². The van der Waals surface area contributed by atoms with Gasteiger partial charge in [0.1, 0.15) is 11.8 Å². The Kier molecular flexibility index (Phi) is 6.41. The number of ether oxygens (including phenoxy) is 2. The van der Waals surface area contributed by atoms with E-state index in [4.69, 9.17) is 21.1 Å². The van der Waals surface area contributed by atoms with Crippen LogP contribution >= 0.6 is 11.6 Å². The average molecular weight is 408 g/mol. The first kappa shape index (κ1) is 20.7. The molecule has 0 saturated carbocycles. The Morgan fingerprint density at radius 2 is 1.59 bits per heavy atom. The summed E-state index contributed by atoms with van der Waals surface area (Å²) in [4.78, 5) is 12.9. The normalized spacial score (nSPS) is 13.0. The lowest BCUT2D eigenvalue weighted by Gasteiger charge is -2.22. The van der Waals surface area contributed by atoms with E-state index in [1.807, 2.05) is 56.3 Å². The standard InChI is InChI=1S/C24H22ClNO3/c1-15(2)23(16-6-9-20(25)10-7-16)24(27)29-22(14-26)19-5-4-18-13-21(28-3)11-8-17(18)12-19/h4-13,15,22-23H,1-3H3/t22-,23+/m1/s1. The summed E-state index contributed by atoms with van der Waals surface area (Å²) in [6.07, 6.45) is -0.984. The molecule has 3 aromatic rings. The molecule has 0 unspecified atom stereocenters. The molecule has 0 radical (unpaired) electrons. The second kappa shape index (κ2) is 8.98. The molecule has 0 amide bonds. The molecular weight excluding hydrogens is 386 g/mol.